The van der Waals surface area contributed by atoms with Crippen LogP contribution in [0.5, 0.6) is 0 Å². The van der Waals surface area contributed by atoms with Gasteiger partial charge >= 0.3 is 5.97 Å². The third-order valence-corrected chi connectivity index (χ3v) is 1.51. The molecule has 0 aromatic carbocycles. The van der Waals surface area contributed by atoms with Crippen LogP contribution < -0.4 is 0 Å². The van der Waals surface area contributed by atoms with Gasteiger partial charge < -0.3 is 5.11 Å². The van der Waals surface area contributed by atoms with Crippen molar-refractivity contribution in [3.05, 3.63) is 18.0 Å². The normalized spacial score (nSPS) is 12.8. The van der Waals surface area contributed by atoms with Gasteiger partial charge in [0.1, 0.15) is 0 Å². The highest BCUT2D eigenvalue weighted by atomic mass is 16.4. The Balaban J connectivity index is 2.50. The summed E-state index contributed by atoms with van der Waals surface area (Å²) in [6.07, 6.45) is 2.12. The molecule has 0 amide bonds. The molecule has 1 aromatic heterocycles. The molecule has 1 aromatic rings. The predicted molar refractivity (Wildman–Crippen MR) is 39.1 cm³/mol. The minimum absolute atomic E-state index is 0.351. The molecule has 11 heavy (non-hydrogen) atoms. The highest BCUT2D eigenvalue weighted by molar-refractivity contribution is 5.69. The van der Waals surface area contributed by atoms with E-state index in [0.717, 1.165) is 5.69 Å². The zero-order valence-electron chi connectivity index (χ0n) is 6.24. The van der Waals surface area contributed by atoms with Crippen LogP contribution >= 0.6 is 0 Å². The van der Waals surface area contributed by atoms with Crippen molar-refractivity contribution in [1.29, 1.82) is 0 Å². The largest absolute Gasteiger partial charge is 0.481 e. The molecule has 0 fully saturated rings. The molecule has 0 radical (unpaired) electrons. The maximum absolute atomic E-state index is 10.4. The van der Waals surface area contributed by atoms with E-state index in [4.69, 9.17) is 5.11 Å². The smallest absolute Gasteiger partial charge is 0.306 e. The summed E-state index contributed by atoms with van der Waals surface area (Å²) >= 11 is 0. The third kappa shape index (κ3) is 2.07. The van der Waals surface area contributed by atoms with Crippen LogP contribution in [-0.2, 0) is 11.2 Å². The van der Waals surface area contributed by atoms with E-state index in [1.807, 2.05) is 0 Å². The first-order chi connectivity index (χ1) is 5.20. The Labute approximate surface area is 64.2 Å². The number of rotatable bonds is 3. The molecule has 0 aliphatic heterocycles. The molecule has 60 valence electrons. The van der Waals surface area contributed by atoms with Crippen LogP contribution in [0.15, 0.2) is 12.3 Å². The molecular weight excluding hydrogens is 144 g/mol. The molecule has 0 aliphatic carbocycles. The molecule has 0 saturated carbocycles. The second-order valence-electron chi connectivity index (χ2n) is 2.53. The summed E-state index contributed by atoms with van der Waals surface area (Å²) in [4.78, 5) is 10.4. The van der Waals surface area contributed by atoms with Crippen LogP contribution in [0.1, 0.15) is 12.6 Å². The minimum Gasteiger partial charge on any atom is -0.481 e. The summed E-state index contributed by atoms with van der Waals surface area (Å²) in [5.74, 6) is -1.13. The molecule has 1 heterocycles. The lowest BCUT2D eigenvalue weighted by Gasteiger charge is -2.01. The van der Waals surface area contributed by atoms with Crippen molar-refractivity contribution in [3.63, 3.8) is 0 Å². The van der Waals surface area contributed by atoms with Gasteiger partial charge in [-0.1, -0.05) is 6.92 Å². The first kappa shape index (κ1) is 7.78. The molecule has 1 rings (SSSR count). The van der Waals surface area contributed by atoms with Gasteiger partial charge in [-0.2, -0.15) is 5.10 Å². The van der Waals surface area contributed by atoms with Crippen molar-refractivity contribution in [2.45, 2.75) is 13.3 Å². The number of aliphatic carboxylic acids is 1. The van der Waals surface area contributed by atoms with Gasteiger partial charge in [-0.05, 0) is 6.07 Å². The fourth-order valence-corrected chi connectivity index (χ4v) is 0.816. The van der Waals surface area contributed by atoms with Crippen molar-refractivity contribution in [1.82, 2.24) is 10.2 Å². The number of carboxylic acids is 1. The number of aromatic nitrogens is 2. The van der Waals surface area contributed by atoms with E-state index in [1.165, 1.54) is 0 Å². The molecule has 1 unspecified atom stereocenters. The summed E-state index contributed by atoms with van der Waals surface area (Å²) in [7, 11) is 0. The van der Waals surface area contributed by atoms with Crippen LogP contribution in [0.4, 0.5) is 0 Å². The number of carbonyl (C=O) groups is 1. The van der Waals surface area contributed by atoms with Crippen LogP contribution in [0, 0.1) is 5.92 Å². The van der Waals surface area contributed by atoms with Gasteiger partial charge in [-0.15, -0.1) is 0 Å². The molecular formula is C7H10N2O2. The standard InChI is InChI=1S/C7H10N2O2/c1-5(7(10)11)4-6-2-3-8-9-6/h2-3,5H,4H2,1H3,(H,8,9)(H,10,11). The molecule has 1 atom stereocenters. The molecule has 0 spiro atoms. The molecule has 2 N–H and O–H groups in total. The van der Waals surface area contributed by atoms with Crippen LogP contribution in [0.2, 0.25) is 0 Å². The minimum atomic E-state index is -0.778. The first-order valence-electron chi connectivity index (χ1n) is 3.41. The zero-order chi connectivity index (χ0) is 8.27. The van der Waals surface area contributed by atoms with E-state index >= 15 is 0 Å². The molecule has 4 nitrogen and oxygen atoms in total. The number of aromatic amines is 1. The zero-order valence-corrected chi connectivity index (χ0v) is 6.24. The SMILES string of the molecule is CC(Cc1ccn[nH]1)C(=O)O. The number of nitrogens with zero attached hydrogens (tertiary/aromatic N) is 1. The summed E-state index contributed by atoms with van der Waals surface area (Å²) in [6.45, 7) is 1.67. The van der Waals surface area contributed by atoms with E-state index in [1.54, 1.807) is 19.2 Å². The highest BCUT2D eigenvalue weighted by Crippen LogP contribution is 2.04. The summed E-state index contributed by atoms with van der Waals surface area (Å²) in [5.41, 5.74) is 0.861. The lowest BCUT2D eigenvalue weighted by atomic mass is 10.1. The maximum atomic E-state index is 10.4. The van der Waals surface area contributed by atoms with Crippen molar-refractivity contribution >= 4 is 5.97 Å². The second-order valence-corrected chi connectivity index (χ2v) is 2.53. The maximum Gasteiger partial charge on any atom is 0.306 e. The van der Waals surface area contributed by atoms with Gasteiger partial charge in [0.25, 0.3) is 0 Å². The van der Waals surface area contributed by atoms with Crippen molar-refractivity contribution < 1.29 is 9.90 Å². The van der Waals surface area contributed by atoms with Crippen molar-refractivity contribution in [2.75, 3.05) is 0 Å². The summed E-state index contributed by atoms with van der Waals surface area (Å²) in [6, 6.07) is 1.78. The quantitative estimate of drug-likeness (QED) is 0.672. The Kier molecular flexibility index (Phi) is 2.25. The van der Waals surface area contributed by atoms with Gasteiger partial charge in [0.2, 0.25) is 0 Å². The first-order valence-corrected chi connectivity index (χ1v) is 3.41. The molecule has 4 heteroatoms. The monoisotopic (exact) mass is 154 g/mol. The molecule has 0 bridgehead atoms. The van der Waals surface area contributed by atoms with Crippen molar-refractivity contribution in [3.8, 4) is 0 Å². The lowest BCUT2D eigenvalue weighted by Crippen LogP contribution is -2.12. The fourth-order valence-electron chi connectivity index (χ4n) is 0.816. The summed E-state index contributed by atoms with van der Waals surface area (Å²) in [5, 5.41) is 15.0. The number of H-pyrrole nitrogens is 1. The molecule has 0 saturated heterocycles. The fraction of sp³-hybridized carbons (Fsp3) is 0.429. The van der Waals surface area contributed by atoms with E-state index < -0.39 is 5.97 Å². The van der Waals surface area contributed by atoms with E-state index in [0.29, 0.717) is 6.42 Å². The lowest BCUT2D eigenvalue weighted by molar-refractivity contribution is -0.141. The van der Waals surface area contributed by atoms with E-state index in [9.17, 15) is 4.79 Å². The number of nitrogens with one attached hydrogen (secondary N) is 1. The third-order valence-electron chi connectivity index (χ3n) is 1.51. The predicted octanol–water partition coefficient (Wildman–Crippen LogP) is 0.673. The van der Waals surface area contributed by atoms with Gasteiger partial charge in [-0.25, -0.2) is 0 Å². The number of hydrogen-bond acceptors (Lipinski definition) is 2. The highest BCUT2D eigenvalue weighted by Gasteiger charge is 2.11. The second kappa shape index (κ2) is 3.18. The number of hydrogen-bond donors (Lipinski definition) is 2. The van der Waals surface area contributed by atoms with Crippen molar-refractivity contribution in [2.24, 2.45) is 5.92 Å². The van der Waals surface area contributed by atoms with E-state index in [2.05, 4.69) is 10.2 Å². The van der Waals surface area contributed by atoms with Gasteiger partial charge in [-0.3, -0.25) is 9.89 Å². The average Bonchev–Trinajstić information content (AvgIpc) is 2.39. The topological polar surface area (TPSA) is 66.0 Å². The Hall–Kier alpha value is -1.32. The van der Waals surface area contributed by atoms with Crippen LogP contribution in [0.25, 0.3) is 0 Å². The van der Waals surface area contributed by atoms with E-state index in [-0.39, 0.29) is 5.92 Å². The van der Waals surface area contributed by atoms with Gasteiger partial charge in [0, 0.05) is 18.3 Å². The summed E-state index contributed by atoms with van der Waals surface area (Å²) < 4.78 is 0. The van der Waals surface area contributed by atoms with Gasteiger partial charge in [0.05, 0.1) is 5.92 Å². The average molecular weight is 154 g/mol. The van der Waals surface area contributed by atoms with Crippen LogP contribution in [-0.4, -0.2) is 21.3 Å². The molecule has 0 aliphatic rings. The van der Waals surface area contributed by atoms with Gasteiger partial charge in [0.15, 0.2) is 0 Å². The Morgan fingerprint density at radius 3 is 3.09 bits per heavy atom. The van der Waals surface area contributed by atoms with Crippen LogP contribution in [0.3, 0.4) is 0 Å². The number of carboxylic acid groups (broad SMARTS) is 1. The Morgan fingerprint density at radius 2 is 2.64 bits per heavy atom. The Morgan fingerprint density at radius 1 is 1.91 bits per heavy atom. The Bertz CT molecular complexity index is 231.